The summed E-state index contributed by atoms with van der Waals surface area (Å²) in [5.41, 5.74) is 1.56. The highest BCUT2D eigenvalue weighted by molar-refractivity contribution is 5.90. The van der Waals surface area contributed by atoms with Gasteiger partial charge in [0.2, 0.25) is 5.91 Å². The molecule has 5 heteroatoms. The standard InChI is InChI=1S/C21H25FN2O2/c1-24-13-11-20(12-14-24)26-19-8-6-18(7-9-19)23-21(25)10-5-16-3-2-4-17(22)15-16/h2-4,6-9,15,20H,5,10-14H2,1H3,(H,23,25). The highest BCUT2D eigenvalue weighted by Gasteiger charge is 2.17. The van der Waals surface area contributed by atoms with E-state index < -0.39 is 0 Å². The predicted molar refractivity (Wildman–Crippen MR) is 101 cm³/mol. The number of hydrogen-bond acceptors (Lipinski definition) is 3. The van der Waals surface area contributed by atoms with Gasteiger partial charge < -0.3 is 15.0 Å². The van der Waals surface area contributed by atoms with Gasteiger partial charge in [-0.1, -0.05) is 12.1 Å². The molecule has 0 aliphatic carbocycles. The molecule has 1 aliphatic rings. The normalized spacial score (nSPS) is 15.6. The number of halogens is 1. The third-order valence-electron chi connectivity index (χ3n) is 4.64. The van der Waals surface area contributed by atoms with Gasteiger partial charge in [-0.25, -0.2) is 4.39 Å². The van der Waals surface area contributed by atoms with Crippen LogP contribution in [-0.2, 0) is 11.2 Å². The van der Waals surface area contributed by atoms with Crippen molar-refractivity contribution in [3.05, 3.63) is 59.9 Å². The van der Waals surface area contributed by atoms with Crippen LogP contribution in [0, 0.1) is 5.82 Å². The van der Waals surface area contributed by atoms with Gasteiger partial charge in [-0.2, -0.15) is 0 Å². The average Bonchev–Trinajstić information content (AvgIpc) is 2.64. The fourth-order valence-electron chi connectivity index (χ4n) is 3.09. The third-order valence-corrected chi connectivity index (χ3v) is 4.64. The van der Waals surface area contributed by atoms with Gasteiger partial charge >= 0.3 is 0 Å². The number of carbonyl (C=O) groups excluding carboxylic acids is 1. The molecule has 0 unspecified atom stereocenters. The van der Waals surface area contributed by atoms with Crippen molar-refractivity contribution in [1.82, 2.24) is 4.90 Å². The van der Waals surface area contributed by atoms with Crippen LogP contribution in [-0.4, -0.2) is 37.0 Å². The molecule has 26 heavy (non-hydrogen) atoms. The highest BCUT2D eigenvalue weighted by atomic mass is 19.1. The summed E-state index contributed by atoms with van der Waals surface area (Å²) >= 11 is 0. The second kappa shape index (κ2) is 8.81. The number of likely N-dealkylation sites (tertiary alicyclic amines) is 1. The first-order chi connectivity index (χ1) is 12.6. The maximum Gasteiger partial charge on any atom is 0.224 e. The van der Waals surface area contributed by atoms with E-state index >= 15 is 0 Å². The van der Waals surface area contributed by atoms with Crippen molar-refractivity contribution < 1.29 is 13.9 Å². The van der Waals surface area contributed by atoms with Crippen LogP contribution < -0.4 is 10.1 Å². The number of nitrogens with zero attached hydrogens (tertiary/aromatic N) is 1. The molecule has 138 valence electrons. The Morgan fingerprint density at radius 2 is 1.92 bits per heavy atom. The Balaban J connectivity index is 1.45. The Hall–Kier alpha value is -2.40. The molecular weight excluding hydrogens is 331 g/mol. The zero-order valence-corrected chi connectivity index (χ0v) is 15.1. The van der Waals surface area contributed by atoms with Crippen molar-refractivity contribution in [2.45, 2.75) is 31.8 Å². The van der Waals surface area contributed by atoms with Gasteiger partial charge in [-0.15, -0.1) is 0 Å². The lowest BCUT2D eigenvalue weighted by molar-refractivity contribution is -0.116. The van der Waals surface area contributed by atoms with E-state index in [4.69, 9.17) is 4.74 Å². The van der Waals surface area contributed by atoms with E-state index in [1.54, 1.807) is 6.07 Å². The van der Waals surface area contributed by atoms with E-state index in [0.717, 1.165) is 42.9 Å². The van der Waals surface area contributed by atoms with Gasteiger partial charge in [0.1, 0.15) is 17.7 Å². The van der Waals surface area contributed by atoms with Crippen LogP contribution in [0.1, 0.15) is 24.8 Å². The van der Waals surface area contributed by atoms with Crippen LogP contribution in [0.15, 0.2) is 48.5 Å². The summed E-state index contributed by atoms with van der Waals surface area (Å²) in [5, 5.41) is 2.87. The number of carbonyl (C=O) groups is 1. The van der Waals surface area contributed by atoms with Crippen molar-refractivity contribution in [2.24, 2.45) is 0 Å². The molecule has 1 saturated heterocycles. The molecule has 0 atom stereocenters. The second-order valence-electron chi connectivity index (χ2n) is 6.82. The van der Waals surface area contributed by atoms with Gasteiger partial charge in [-0.05, 0) is 68.3 Å². The van der Waals surface area contributed by atoms with E-state index in [-0.39, 0.29) is 17.8 Å². The van der Waals surface area contributed by atoms with Crippen LogP contribution >= 0.6 is 0 Å². The molecule has 0 aromatic heterocycles. The van der Waals surface area contributed by atoms with Crippen molar-refractivity contribution >= 4 is 11.6 Å². The van der Waals surface area contributed by atoms with Crippen molar-refractivity contribution in [2.75, 3.05) is 25.5 Å². The summed E-state index contributed by atoms with van der Waals surface area (Å²) < 4.78 is 19.2. The fraction of sp³-hybridized carbons (Fsp3) is 0.381. The molecule has 0 bridgehead atoms. The summed E-state index contributed by atoms with van der Waals surface area (Å²) in [5.74, 6) is 0.471. The van der Waals surface area contributed by atoms with Crippen LogP contribution in [0.3, 0.4) is 0 Å². The summed E-state index contributed by atoms with van der Waals surface area (Å²) in [6.45, 7) is 2.12. The van der Waals surface area contributed by atoms with Crippen LogP contribution in [0.4, 0.5) is 10.1 Å². The monoisotopic (exact) mass is 356 g/mol. The van der Waals surface area contributed by atoms with E-state index in [1.807, 2.05) is 30.3 Å². The van der Waals surface area contributed by atoms with Gasteiger partial charge in [0.15, 0.2) is 0 Å². The van der Waals surface area contributed by atoms with Crippen LogP contribution in [0.25, 0.3) is 0 Å². The summed E-state index contributed by atoms with van der Waals surface area (Å²) in [7, 11) is 2.13. The lowest BCUT2D eigenvalue weighted by Crippen LogP contribution is -2.35. The van der Waals surface area contributed by atoms with E-state index in [9.17, 15) is 9.18 Å². The molecule has 3 rings (SSSR count). The zero-order chi connectivity index (χ0) is 18.4. The molecule has 0 radical (unpaired) electrons. The molecule has 0 spiro atoms. The minimum atomic E-state index is -0.275. The first-order valence-electron chi connectivity index (χ1n) is 9.08. The minimum absolute atomic E-state index is 0.0850. The lowest BCUT2D eigenvalue weighted by atomic mass is 10.1. The number of anilines is 1. The molecule has 1 amide bonds. The molecule has 1 fully saturated rings. The van der Waals surface area contributed by atoms with E-state index in [2.05, 4.69) is 17.3 Å². The predicted octanol–water partition coefficient (Wildman–Crippen LogP) is 3.87. The maximum absolute atomic E-state index is 13.1. The smallest absolute Gasteiger partial charge is 0.224 e. The van der Waals surface area contributed by atoms with E-state index in [0.29, 0.717) is 12.8 Å². The largest absolute Gasteiger partial charge is 0.490 e. The highest BCUT2D eigenvalue weighted by Crippen LogP contribution is 2.21. The van der Waals surface area contributed by atoms with Gasteiger partial charge in [0.05, 0.1) is 0 Å². The molecule has 1 aliphatic heterocycles. The number of nitrogens with one attached hydrogen (secondary N) is 1. The van der Waals surface area contributed by atoms with Crippen molar-refractivity contribution in [3.63, 3.8) is 0 Å². The Morgan fingerprint density at radius 3 is 2.62 bits per heavy atom. The third kappa shape index (κ3) is 5.56. The summed E-state index contributed by atoms with van der Waals surface area (Å²) in [6, 6.07) is 13.8. The first kappa shape index (κ1) is 18.4. The summed E-state index contributed by atoms with van der Waals surface area (Å²) in [6.07, 6.45) is 3.17. The number of rotatable bonds is 6. The van der Waals surface area contributed by atoms with Gasteiger partial charge in [-0.3, -0.25) is 4.79 Å². The quantitative estimate of drug-likeness (QED) is 0.854. The number of amides is 1. The van der Waals surface area contributed by atoms with Gasteiger partial charge in [0, 0.05) is 25.2 Å². The number of piperidine rings is 1. The maximum atomic E-state index is 13.1. The van der Waals surface area contributed by atoms with Crippen molar-refractivity contribution in [1.29, 1.82) is 0 Å². The number of benzene rings is 2. The molecule has 1 heterocycles. The zero-order valence-electron chi connectivity index (χ0n) is 15.1. The molecule has 4 nitrogen and oxygen atoms in total. The van der Waals surface area contributed by atoms with Crippen LogP contribution in [0.5, 0.6) is 5.75 Å². The minimum Gasteiger partial charge on any atom is -0.490 e. The summed E-state index contributed by atoms with van der Waals surface area (Å²) in [4.78, 5) is 14.4. The first-order valence-corrected chi connectivity index (χ1v) is 9.08. The Kier molecular flexibility index (Phi) is 6.23. The number of hydrogen-bond donors (Lipinski definition) is 1. The average molecular weight is 356 g/mol. The van der Waals surface area contributed by atoms with Crippen LogP contribution in [0.2, 0.25) is 0 Å². The molecular formula is C21H25FN2O2. The van der Waals surface area contributed by atoms with Gasteiger partial charge in [0.25, 0.3) is 0 Å². The Morgan fingerprint density at radius 1 is 1.19 bits per heavy atom. The fourth-order valence-corrected chi connectivity index (χ4v) is 3.09. The lowest BCUT2D eigenvalue weighted by Gasteiger charge is -2.29. The topological polar surface area (TPSA) is 41.6 Å². The molecule has 2 aromatic carbocycles. The van der Waals surface area contributed by atoms with Crippen molar-refractivity contribution in [3.8, 4) is 5.75 Å². The van der Waals surface area contributed by atoms with E-state index in [1.165, 1.54) is 12.1 Å². The molecule has 0 saturated carbocycles. The number of ether oxygens (including phenoxy) is 1. The Labute approximate surface area is 154 Å². The Bertz CT molecular complexity index is 725. The number of aryl methyl sites for hydroxylation is 1. The molecule has 2 aromatic rings. The second-order valence-corrected chi connectivity index (χ2v) is 6.82. The SMILES string of the molecule is CN1CCC(Oc2ccc(NC(=O)CCc3cccc(F)c3)cc2)CC1. The molecule has 1 N–H and O–H groups in total.